The minimum Gasteiger partial charge on any atom is -0.481 e. The number of carbonyl (C=O) groups is 1. The van der Waals surface area contributed by atoms with Crippen LogP contribution in [0.2, 0.25) is 0 Å². The summed E-state index contributed by atoms with van der Waals surface area (Å²) in [5, 5.41) is 13.2. The quantitative estimate of drug-likeness (QED) is 0.818. The van der Waals surface area contributed by atoms with Gasteiger partial charge in [-0.25, -0.2) is 0 Å². The van der Waals surface area contributed by atoms with Gasteiger partial charge in [0, 0.05) is 6.42 Å². The highest BCUT2D eigenvalue weighted by atomic mass is 16.5. The molecule has 0 atom stereocenters. The molecule has 0 spiro atoms. The van der Waals surface area contributed by atoms with Crippen LogP contribution < -0.4 is 0 Å². The van der Waals surface area contributed by atoms with Crippen molar-refractivity contribution in [1.29, 1.82) is 0 Å². The molecule has 0 bridgehead atoms. The van der Waals surface area contributed by atoms with E-state index in [2.05, 4.69) is 10.1 Å². The fourth-order valence-corrected chi connectivity index (χ4v) is 2.57. The summed E-state index contributed by atoms with van der Waals surface area (Å²) in [7, 11) is 0. The predicted molar refractivity (Wildman–Crippen MR) is 60.5 cm³/mol. The second kappa shape index (κ2) is 4.85. The van der Waals surface area contributed by atoms with Crippen LogP contribution in [0.3, 0.4) is 0 Å². The minimum absolute atomic E-state index is 0.364. The molecule has 1 aromatic heterocycles. The van der Waals surface area contributed by atoms with Gasteiger partial charge in [-0.2, -0.15) is 4.98 Å². The smallest absolute Gasteiger partial charge is 0.310 e. The topological polar surface area (TPSA) is 76.2 Å². The number of nitrogens with zero attached hydrogens (tertiary/aromatic N) is 2. The molecular weight excluding hydrogens is 220 g/mol. The molecule has 1 N–H and O–H groups in total. The van der Waals surface area contributed by atoms with Crippen molar-refractivity contribution in [3.63, 3.8) is 0 Å². The van der Waals surface area contributed by atoms with Crippen LogP contribution in [-0.4, -0.2) is 21.2 Å². The summed E-state index contributed by atoms with van der Waals surface area (Å²) in [5.41, 5.74) is -0.699. The average molecular weight is 238 g/mol. The summed E-state index contributed by atoms with van der Waals surface area (Å²) >= 11 is 0. The lowest BCUT2D eigenvalue weighted by molar-refractivity contribution is -0.150. The second-order valence-electron chi connectivity index (χ2n) is 4.91. The summed E-state index contributed by atoms with van der Waals surface area (Å²) in [4.78, 5) is 15.7. The fraction of sp³-hybridized carbons (Fsp3) is 0.750. The van der Waals surface area contributed by atoms with E-state index in [1.165, 1.54) is 0 Å². The lowest BCUT2D eigenvalue weighted by Crippen LogP contribution is -2.33. The molecule has 94 valence electrons. The first-order valence-electron chi connectivity index (χ1n) is 6.15. The Morgan fingerprint density at radius 1 is 1.35 bits per heavy atom. The van der Waals surface area contributed by atoms with Crippen LogP contribution in [0.5, 0.6) is 0 Å². The summed E-state index contributed by atoms with van der Waals surface area (Å²) in [5.74, 6) is 0.288. The number of carboxylic acid groups (broad SMARTS) is 1. The van der Waals surface area contributed by atoms with Crippen molar-refractivity contribution in [3.05, 3.63) is 11.7 Å². The highest BCUT2D eigenvalue weighted by Gasteiger charge is 2.40. The van der Waals surface area contributed by atoms with E-state index in [1.54, 1.807) is 6.92 Å². The van der Waals surface area contributed by atoms with Crippen LogP contribution in [0.4, 0.5) is 0 Å². The maximum absolute atomic E-state index is 11.6. The molecule has 1 saturated carbocycles. The number of aliphatic carboxylic acids is 1. The number of hydrogen-bond donors (Lipinski definition) is 1. The molecule has 1 heterocycles. The molecule has 0 unspecified atom stereocenters. The SMILES string of the molecule is Cc1noc(CC2(C(=O)O)CCCCCC2)n1. The Morgan fingerprint density at radius 3 is 2.47 bits per heavy atom. The first-order valence-corrected chi connectivity index (χ1v) is 6.15. The lowest BCUT2D eigenvalue weighted by atomic mass is 9.77. The van der Waals surface area contributed by atoms with E-state index in [1.807, 2.05) is 0 Å². The lowest BCUT2D eigenvalue weighted by Gasteiger charge is -2.26. The minimum atomic E-state index is -0.727. The molecule has 5 heteroatoms. The molecule has 5 nitrogen and oxygen atoms in total. The number of carboxylic acids is 1. The van der Waals surface area contributed by atoms with Crippen molar-refractivity contribution < 1.29 is 14.4 Å². The molecule has 1 aromatic rings. The Labute approximate surface area is 100 Å². The predicted octanol–water partition coefficient (Wildman–Crippen LogP) is 2.35. The van der Waals surface area contributed by atoms with Gasteiger partial charge in [-0.15, -0.1) is 0 Å². The van der Waals surface area contributed by atoms with Crippen molar-refractivity contribution in [2.45, 2.75) is 51.9 Å². The maximum Gasteiger partial charge on any atom is 0.310 e. The first-order chi connectivity index (χ1) is 8.12. The zero-order valence-electron chi connectivity index (χ0n) is 10.1. The Balaban J connectivity index is 2.18. The maximum atomic E-state index is 11.6. The van der Waals surface area contributed by atoms with Gasteiger partial charge in [-0.05, 0) is 19.8 Å². The van der Waals surface area contributed by atoms with Crippen molar-refractivity contribution in [1.82, 2.24) is 10.1 Å². The van der Waals surface area contributed by atoms with E-state index in [9.17, 15) is 9.90 Å². The van der Waals surface area contributed by atoms with Gasteiger partial charge in [0.25, 0.3) is 0 Å². The Kier molecular flexibility index (Phi) is 3.45. The molecular formula is C12H18N2O3. The first kappa shape index (κ1) is 12.1. The molecule has 0 saturated heterocycles. The third kappa shape index (κ3) is 2.65. The zero-order chi connectivity index (χ0) is 12.3. The Hall–Kier alpha value is -1.39. The molecule has 0 aliphatic heterocycles. The highest BCUT2D eigenvalue weighted by Crippen LogP contribution is 2.38. The van der Waals surface area contributed by atoms with Crippen LogP contribution in [-0.2, 0) is 11.2 Å². The van der Waals surface area contributed by atoms with E-state index < -0.39 is 11.4 Å². The van der Waals surface area contributed by atoms with E-state index in [-0.39, 0.29) is 0 Å². The second-order valence-corrected chi connectivity index (χ2v) is 4.91. The number of rotatable bonds is 3. The summed E-state index contributed by atoms with van der Waals surface area (Å²) in [6, 6.07) is 0. The van der Waals surface area contributed by atoms with Crippen LogP contribution in [0.15, 0.2) is 4.52 Å². The van der Waals surface area contributed by atoms with E-state index in [0.29, 0.717) is 31.0 Å². The summed E-state index contributed by atoms with van der Waals surface area (Å²) < 4.78 is 5.06. The van der Waals surface area contributed by atoms with Gasteiger partial charge >= 0.3 is 5.97 Å². The van der Waals surface area contributed by atoms with E-state index >= 15 is 0 Å². The van der Waals surface area contributed by atoms with Crippen molar-refractivity contribution in [2.75, 3.05) is 0 Å². The molecule has 17 heavy (non-hydrogen) atoms. The monoisotopic (exact) mass is 238 g/mol. The third-order valence-electron chi connectivity index (χ3n) is 3.57. The number of hydrogen-bond acceptors (Lipinski definition) is 4. The van der Waals surface area contributed by atoms with Crippen LogP contribution in [0.25, 0.3) is 0 Å². The van der Waals surface area contributed by atoms with Gasteiger partial charge in [0.1, 0.15) is 0 Å². The summed E-state index contributed by atoms with van der Waals surface area (Å²) in [6.07, 6.45) is 5.98. The van der Waals surface area contributed by atoms with Crippen LogP contribution in [0.1, 0.15) is 50.2 Å². The number of aryl methyl sites for hydroxylation is 1. The molecule has 1 aliphatic rings. The Morgan fingerprint density at radius 2 is 2.00 bits per heavy atom. The normalized spacial score (nSPS) is 19.8. The highest BCUT2D eigenvalue weighted by molar-refractivity contribution is 5.74. The molecule has 1 fully saturated rings. The van der Waals surface area contributed by atoms with Crippen molar-refractivity contribution in [2.24, 2.45) is 5.41 Å². The zero-order valence-corrected chi connectivity index (χ0v) is 10.1. The van der Waals surface area contributed by atoms with Crippen LogP contribution >= 0.6 is 0 Å². The average Bonchev–Trinajstić information content (AvgIpc) is 2.54. The molecule has 2 rings (SSSR count). The molecule has 0 radical (unpaired) electrons. The van der Waals surface area contributed by atoms with E-state index in [0.717, 1.165) is 25.7 Å². The molecule has 0 aromatic carbocycles. The van der Waals surface area contributed by atoms with Gasteiger partial charge in [0.15, 0.2) is 5.82 Å². The van der Waals surface area contributed by atoms with Gasteiger partial charge in [0.05, 0.1) is 5.41 Å². The van der Waals surface area contributed by atoms with Crippen molar-refractivity contribution in [3.8, 4) is 0 Å². The largest absolute Gasteiger partial charge is 0.481 e. The number of aromatic nitrogens is 2. The van der Waals surface area contributed by atoms with Gasteiger partial charge in [-0.3, -0.25) is 4.79 Å². The van der Waals surface area contributed by atoms with Crippen LogP contribution in [0, 0.1) is 12.3 Å². The Bertz CT molecular complexity index is 392. The van der Waals surface area contributed by atoms with E-state index in [4.69, 9.17) is 4.52 Å². The molecule has 1 aliphatic carbocycles. The fourth-order valence-electron chi connectivity index (χ4n) is 2.57. The molecule has 0 amide bonds. The van der Waals surface area contributed by atoms with Gasteiger partial charge in [-0.1, -0.05) is 30.8 Å². The summed E-state index contributed by atoms with van der Waals surface area (Å²) in [6.45, 7) is 1.74. The third-order valence-corrected chi connectivity index (χ3v) is 3.57. The van der Waals surface area contributed by atoms with Crippen molar-refractivity contribution >= 4 is 5.97 Å². The standard InChI is InChI=1S/C12H18N2O3/c1-9-13-10(17-14-9)8-12(11(15)16)6-4-2-3-5-7-12/h2-8H2,1H3,(H,15,16). The van der Waals surface area contributed by atoms with Gasteiger partial charge < -0.3 is 9.63 Å². The van der Waals surface area contributed by atoms with Gasteiger partial charge in [0.2, 0.25) is 5.89 Å².